The first-order valence-corrected chi connectivity index (χ1v) is 12.1. The summed E-state index contributed by atoms with van der Waals surface area (Å²) in [6.45, 7) is 5.09. The number of amides is 2. The molecule has 2 amide bonds. The molecule has 2 heterocycles. The van der Waals surface area contributed by atoms with E-state index in [4.69, 9.17) is 0 Å². The molecule has 2 saturated heterocycles. The number of hydrogen-bond donors (Lipinski definition) is 1. The highest BCUT2D eigenvalue weighted by Gasteiger charge is 2.30. The van der Waals surface area contributed by atoms with Crippen molar-refractivity contribution in [2.75, 3.05) is 31.1 Å². The highest BCUT2D eigenvalue weighted by Crippen LogP contribution is 2.32. The molecule has 180 valence electrons. The summed E-state index contributed by atoms with van der Waals surface area (Å²) in [7, 11) is 0. The largest absolute Gasteiger partial charge is 0.366 e. The summed E-state index contributed by atoms with van der Waals surface area (Å²) in [5.74, 6) is 0.0219. The number of benzene rings is 2. The van der Waals surface area contributed by atoms with Gasteiger partial charge in [0.1, 0.15) is 11.7 Å². The third-order valence-electron chi connectivity index (χ3n) is 6.86. The summed E-state index contributed by atoms with van der Waals surface area (Å²) in [6, 6.07) is 13.5. The lowest BCUT2D eigenvalue weighted by atomic mass is 9.98. The molecule has 8 heteroatoms. The van der Waals surface area contributed by atoms with Gasteiger partial charge in [0, 0.05) is 44.2 Å². The molecule has 1 N–H and O–H groups in total. The van der Waals surface area contributed by atoms with Crippen LogP contribution in [-0.2, 0) is 11.2 Å². The maximum absolute atomic E-state index is 13.2. The Kier molecular flexibility index (Phi) is 7.45. The van der Waals surface area contributed by atoms with Crippen LogP contribution in [0.2, 0.25) is 0 Å². The van der Waals surface area contributed by atoms with E-state index in [1.165, 1.54) is 6.07 Å². The molecule has 0 aliphatic carbocycles. The summed E-state index contributed by atoms with van der Waals surface area (Å²) in [6.07, 6.45) is 4.26. The fourth-order valence-electron chi connectivity index (χ4n) is 4.78. The number of carbonyl (C=O) groups excluding carboxylic acids is 2. The Morgan fingerprint density at radius 3 is 2.38 bits per heavy atom. The first-order valence-electron chi connectivity index (χ1n) is 12.1. The van der Waals surface area contributed by atoms with E-state index in [0.29, 0.717) is 31.1 Å². The second-order valence-corrected chi connectivity index (χ2v) is 9.38. The normalized spacial score (nSPS) is 17.4. The second kappa shape index (κ2) is 10.7. The van der Waals surface area contributed by atoms with E-state index < -0.39 is 16.9 Å². The van der Waals surface area contributed by atoms with Gasteiger partial charge in [-0.2, -0.15) is 0 Å². The fraction of sp³-hybridized carbons (Fsp3) is 0.462. The molecule has 2 aromatic rings. The molecule has 0 aromatic heterocycles. The van der Waals surface area contributed by atoms with Crippen molar-refractivity contribution in [2.24, 2.45) is 5.92 Å². The molecule has 0 unspecified atom stereocenters. The molecule has 4 rings (SSSR count). The molecule has 2 aliphatic heterocycles. The van der Waals surface area contributed by atoms with Crippen molar-refractivity contribution < 1.29 is 14.5 Å². The van der Waals surface area contributed by atoms with E-state index in [1.807, 2.05) is 35.2 Å². The molecular formula is C26H32N4O4. The maximum atomic E-state index is 13.2. The van der Waals surface area contributed by atoms with Gasteiger partial charge in [0.2, 0.25) is 5.91 Å². The maximum Gasteiger partial charge on any atom is 0.293 e. The van der Waals surface area contributed by atoms with Crippen LogP contribution in [0.3, 0.4) is 0 Å². The van der Waals surface area contributed by atoms with Crippen molar-refractivity contribution in [3.63, 3.8) is 0 Å². The van der Waals surface area contributed by atoms with Gasteiger partial charge < -0.3 is 15.1 Å². The number of nitrogens with zero attached hydrogens (tertiary/aromatic N) is 3. The molecule has 1 atom stereocenters. The van der Waals surface area contributed by atoms with Gasteiger partial charge in [-0.25, -0.2) is 0 Å². The molecule has 0 saturated carbocycles. The minimum atomic E-state index is -0.727. The van der Waals surface area contributed by atoms with E-state index >= 15 is 0 Å². The minimum Gasteiger partial charge on any atom is -0.366 e. The predicted octanol–water partition coefficient (Wildman–Crippen LogP) is 3.79. The van der Waals surface area contributed by atoms with Crippen LogP contribution in [0, 0.1) is 16.0 Å². The van der Waals surface area contributed by atoms with Crippen molar-refractivity contribution in [2.45, 2.75) is 45.1 Å². The van der Waals surface area contributed by atoms with Gasteiger partial charge in [0.25, 0.3) is 11.6 Å². The van der Waals surface area contributed by atoms with E-state index in [1.54, 1.807) is 17.0 Å². The molecule has 2 fully saturated rings. The number of anilines is 1. The second-order valence-electron chi connectivity index (χ2n) is 9.38. The van der Waals surface area contributed by atoms with Crippen LogP contribution in [0.5, 0.6) is 0 Å². The standard InChI is InChI=1S/C26H32N4O4/c1-19-11-15-28(16-12-19)23-10-9-21(18-24(23)30(33)34)25(31)27-22(17-20-7-3-2-4-8-20)26(32)29-13-5-6-14-29/h2-4,7-10,18-19,22H,5-6,11-17H2,1H3,(H,27,31)/t22-/m1/s1. The highest BCUT2D eigenvalue weighted by atomic mass is 16.6. The Morgan fingerprint density at radius 1 is 1.06 bits per heavy atom. The van der Waals surface area contributed by atoms with E-state index in [0.717, 1.165) is 44.3 Å². The Morgan fingerprint density at radius 2 is 1.74 bits per heavy atom. The topological polar surface area (TPSA) is 95.8 Å². The number of carbonyl (C=O) groups is 2. The zero-order valence-electron chi connectivity index (χ0n) is 19.6. The SMILES string of the molecule is CC1CCN(c2ccc(C(=O)N[C@H](Cc3ccccc3)C(=O)N3CCCC3)cc2[N+](=O)[O-])CC1. The van der Waals surface area contributed by atoms with Gasteiger partial charge in [-0.15, -0.1) is 0 Å². The summed E-state index contributed by atoms with van der Waals surface area (Å²) in [5, 5.41) is 14.7. The Labute approximate surface area is 200 Å². The number of likely N-dealkylation sites (tertiary alicyclic amines) is 1. The molecule has 0 radical (unpaired) electrons. The summed E-state index contributed by atoms with van der Waals surface area (Å²) < 4.78 is 0. The smallest absolute Gasteiger partial charge is 0.293 e. The lowest BCUT2D eigenvalue weighted by Gasteiger charge is -2.31. The molecule has 0 bridgehead atoms. The van der Waals surface area contributed by atoms with Gasteiger partial charge in [-0.3, -0.25) is 19.7 Å². The Balaban J connectivity index is 1.54. The number of piperidine rings is 1. The van der Waals surface area contributed by atoms with Crippen molar-refractivity contribution >= 4 is 23.2 Å². The molecule has 2 aromatic carbocycles. The van der Waals surface area contributed by atoms with E-state index in [-0.39, 0.29) is 17.2 Å². The van der Waals surface area contributed by atoms with Crippen LogP contribution in [0.1, 0.15) is 48.5 Å². The number of hydrogen-bond acceptors (Lipinski definition) is 5. The summed E-state index contributed by atoms with van der Waals surface area (Å²) >= 11 is 0. The van der Waals surface area contributed by atoms with Crippen LogP contribution < -0.4 is 10.2 Å². The fourth-order valence-corrected chi connectivity index (χ4v) is 4.78. The molecular weight excluding hydrogens is 432 g/mol. The number of rotatable bonds is 7. The Hall–Kier alpha value is -3.42. The van der Waals surface area contributed by atoms with E-state index in [9.17, 15) is 19.7 Å². The van der Waals surface area contributed by atoms with Crippen LogP contribution in [0.25, 0.3) is 0 Å². The molecule has 8 nitrogen and oxygen atoms in total. The summed E-state index contributed by atoms with van der Waals surface area (Å²) in [5.41, 5.74) is 1.60. The first kappa shape index (κ1) is 23.7. The Bertz CT molecular complexity index is 1030. The van der Waals surface area contributed by atoms with E-state index in [2.05, 4.69) is 12.2 Å². The minimum absolute atomic E-state index is 0.0762. The number of nitro benzene ring substituents is 1. The van der Waals surface area contributed by atoms with Crippen molar-refractivity contribution in [1.29, 1.82) is 0 Å². The average Bonchev–Trinajstić information content (AvgIpc) is 3.39. The zero-order chi connectivity index (χ0) is 24.1. The van der Waals surface area contributed by atoms with Crippen LogP contribution in [0.4, 0.5) is 11.4 Å². The quantitative estimate of drug-likeness (QED) is 0.497. The van der Waals surface area contributed by atoms with Crippen LogP contribution >= 0.6 is 0 Å². The monoisotopic (exact) mass is 464 g/mol. The van der Waals surface area contributed by atoms with Crippen LogP contribution in [0.15, 0.2) is 48.5 Å². The van der Waals surface area contributed by atoms with Gasteiger partial charge in [-0.05, 0) is 49.3 Å². The molecule has 34 heavy (non-hydrogen) atoms. The third-order valence-corrected chi connectivity index (χ3v) is 6.86. The van der Waals surface area contributed by atoms with Gasteiger partial charge in [-0.1, -0.05) is 37.3 Å². The average molecular weight is 465 g/mol. The zero-order valence-corrected chi connectivity index (χ0v) is 19.6. The van der Waals surface area contributed by atoms with Gasteiger partial charge in [0.05, 0.1) is 4.92 Å². The first-order chi connectivity index (χ1) is 16.4. The van der Waals surface area contributed by atoms with Crippen molar-refractivity contribution in [1.82, 2.24) is 10.2 Å². The van der Waals surface area contributed by atoms with Crippen LogP contribution in [-0.4, -0.2) is 53.9 Å². The van der Waals surface area contributed by atoms with Crippen molar-refractivity contribution in [3.05, 3.63) is 69.8 Å². The molecule has 0 spiro atoms. The lowest BCUT2D eigenvalue weighted by molar-refractivity contribution is -0.384. The number of nitro groups is 1. The van der Waals surface area contributed by atoms with Gasteiger partial charge >= 0.3 is 0 Å². The van der Waals surface area contributed by atoms with Crippen molar-refractivity contribution in [3.8, 4) is 0 Å². The highest BCUT2D eigenvalue weighted by molar-refractivity contribution is 5.98. The third kappa shape index (κ3) is 5.55. The molecule has 2 aliphatic rings. The number of nitrogens with one attached hydrogen (secondary N) is 1. The van der Waals surface area contributed by atoms with Gasteiger partial charge in [0.15, 0.2) is 0 Å². The lowest BCUT2D eigenvalue weighted by Crippen LogP contribution is -2.49. The summed E-state index contributed by atoms with van der Waals surface area (Å²) in [4.78, 5) is 41.5. The predicted molar refractivity (Wildman–Crippen MR) is 131 cm³/mol.